The maximum atomic E-state index is 11.3. The molecule has 3 N–H and O–H groups in total. The van der Waals surface area contributed by atoms with Crippen molar-refractivity contribution < 1.29 is 29.3 Å². The molecule has 1 rings (SSSR count). The molecule has 8 heteroatoms. The second-order valence-corrected chi connectivity index (χ2v) is 4.09. The monoisotopic (exact) mass is 272 g/mol. The van der Waals surface area contributed by atoms with E-state index in [1.165, 1.54) is 6.08 Å². The molecule has 0 aromatic carbocycles. The summed E-state index contributed by atoms with van der Waals surface area (Å²) in [4.78, 5) is 34.0. The van der Waals surface area contributed by atoms with Gasteiger partial charge in [-0.3, -0.25) is 4.90 Å². The number of amides is 2. The maximum Gasteiger partial charge on any atom is 0.408 e. The Morgan fingerprint density at radius 2 is 2.05 bits per heavy atom. The van der Waals surface area contributed by atoms with Crippen LogP contribution >= 0.6 is 0 Å². The smallest absolute Gasteiger partial charge is 0.408 e. The zero-order valence-corrected chi connectivity index (χ0v) is 10.2. The molecule has 0 saturated carbocycles. The second-order valence-electron chi connectivity index (χ2n) is 4.09. The van der Waals surface area contributed by atoms with Gasteiger partial charge >= 0.3 is 18.2 Å². The molecule has 106 valence electrons. The molecule has 0 aliphatic carbocycles. The van der Waals surface area contributed by atoms with Crippen LogP contribution in [0.3, 0.4) is 0 Å². The fourth-order valence-electron chi connectivity index (χ4n) is 1.90. The zero-order valence-electron chi connectivity index (χ0n) is 10.2. The Kier molecular flexibility index (Phi) is 5.16. The molecule has 0 aromatic heterocycles. The van der Waals surface area contributed by atoms with E-state index < -0.39 is 30.2 Å². The highest BCUT2D eigenvalue weighted by Crippen LogP contribution is 2.18. The van der Waals surface area contributed by atoms with E-state index in [-0.39, 0.29) is 19.6 Å². The molecule has 0 aromatic rings. The first-order valence-corrected chi connectivity index (χ1v) is 5.72. The van der Waals surface area contributed by atoms with Gasteiger partial charge in [0, 0.05) is 6.54 Å². The summed E-state index contributed by atoms with van der Waals surface area (Å²) >= 11 is 0. The summed E-state index contributed by atoms with van der Waals surface area (Å²) in [6, 6.07) is -1.52. The largest absolute Gasteiger partial charge is 0.480 e. The van der Waals surface area contributed by atoms with Gasteiger partial charge in [-0.25, -0.2) is 14.4 Å². The fourth-order valence-corrected chi connectivity index (χ4v) is 1.90. The third-order valence-electron chi connectivity index (χ3n) is 2.77. The van der Waals surface area contributed by atoms with Crippen LogP contribution in [0.2, 0.25) is 0 Å². The number of carboxylic acids is 1. The van der Waals surface area contributed by atoms with Crippen LogP contribution in [-0.2, 0) is 9.53 Å². The van der Waals surface area contributed by atoms with Crippen molar-refractivity contribution in [3.8, 4) is 0 Å². The Balaban J connectivity index is 2.56. The first-order valence-electron chi connectivity index (χ1n) is 5.72. The van der Waals surface area contributed by atoms with E-state index in [1.54, 1.807) is 0 Å². The number of hydrogen-bond acceptors (Lipinski definition) is 4. The number of nitrogens with one attached hydrogen (secondary N) is 1. The van der Waals surface area contributed by atoms with E-state index in [9.17, 15) is 14.4 Å². The molecule has 1 fully saturated rings. The van der Waals surface area contributed by atoms with Crippen molar-refractivity contribution in [1.29, 1.82) is 0 Å². The van der Waals surface area contributed by atoms with Crippen LogP contribution in [0.5, 0.6) is 0 Å². The van der Waals surface area contributed by atoms with Crippen molar-refractivity contribution in [2.75, 3.05) is 13.2 Å². The summed E-state index contributed by atoms with van der Waals surface area (Å²) in [5.74, 6) is -1.19. The Morgan fingerprint density at radius 3 is 2.58 bits per heavy atom. The quantitative estimate of drug-likeness (QED) is 0.641. The van der Waals surface area contributed by atoms with Crippen LogP contribution < -0.4 is 5.32 Å². The van der Waals surface area contributed by atoms with Crippen molar-refractivity contribution in [3.63, 3.8) is 0 Å². The number of ether oxygens (including phenoxy) is 1. The third kappa shape index (κ3) is 4.16. The summed E-state index contributed by atoms with van der Waals surface area (Å²) in [5.41, 5.74) is 0. The lowest BCUT2D eigenvalue weighted by atomic mass is 9.99. The van der Waals surface area contributed by atoms with Gasteiger partial charge in [0.05, 0.1) is 6.04 Å². The van der Waals surface area contributed by atoms with Crippen LogP contribution in [0.25, 0.3) is 0 Å². The number of likely N-dealkylation sites (tertiary alicyclic amines) is 1. The normalized spacial score (nSPS) is 22.4. The van der Waals surface area contributed by atoms with Gasteiger partial charge in [0.1, 0.15) is 12.6 Å². The average molecular weight is 272 g/mol. The van der Waals surface area contributed by atoms with E-state index in [4.69, 9.17) is 14.9 Å². The lowest BCUT2D eigenvalue weighted by molar-refractivity contribution is -0.143. The Morgan fingerprint density at radius 1 is 1.37 bits per heavy atom. The summed E-state index contributed by atoms with van der Waals surface area (Å²) in [6.07, 6.45) is -0.0648. The third-order valence-corrected chi connectivity index (χ3v) is 2.77. The number of nitrogens with zero attached hydrogens (tertiary/aromatic N) is 1. The lowest BCUT2D eigenvalue weighted by Crippen LogP contribution is -2.56. The van der Waals surface area contributed by atoms with Crippen LogP contribution in [0.1, 0.15) is 12.8 Å². The molecule has 2 atom stereocenters. The Labute approximate surface area is 109 Å². The molecule has 1 saturated heterocycles. The molecule has 0 spiro atoms. The highest BCUT2D eigenvalue weighted by Gasteiger charge is 2.36. The SMILES string of the molecule is C=CCOC(=O)NC1CCC(C(=O)O)N(C(=O)O)C1. The van der Waals surface area contributed by atoms with Crippen LogP contribution in [0, 0.1) is 0 Å². The fraction of sp³-hybridized carbons (Fsp3) is 0.545. The van der Waals surface area contributed by atoms with Crippen molar-refractivity contribution in [2.45, 2.75) is 24.9 Å². The number of rotatable bonds is 4. The average Bonchev–Trinajstić information content (AvgIpc) is 2.35. The molecule has 19 heavy (non-hydrogen) atoms. The van der Waals surface area contributed by atoms with E-state index in [2.05, 4.69) is 11.9 Å². The Bertz CT molecular complexity index is 383. The first-order chi connectivity index (χ1) is 8.95. The van der Waals surface area contributed by atoms with Crippen LogP contribution in [0.15, 0.2) is 12.7 Å². The van der Waals surface area contributed by atoms with Gasteiger partial charge in [0.2, 0.25) is 0 Å². The summed E-state index contributed by atoms with van der Waals surface area (Å²) in [7, 11) is 0. The van der Waals surface area contributed by atoms with Gasteiger partial charge in [-0.15, -0.1) is 0 Å². The highest BCUT2D eigenvalue weighted by atomic mass is 16.5. The van der Waals surface area contributed by atoms with Crippen molar-refractivity contribution in [2.24, 2.45) is 0 Å². The molecule has 8 nitrogen and oxygen atoms in total. The molecule has 0 bridgehead atoms. The number of hydrogen-bond donors (Lipinski definition) is 3. The summed E-state index contributed by atoms with van der Waals surface area (Å²) in [6.45, 7) is 3.37. The van der Waals surface area contributed by atoms with Crippen LogP contribution in [0.4, 0.5) is 9.59 Å². The maximum absolute atomic E-state index is 11.3. The number of alkyl carbamates (subject to hydrolysis) is 1. The van der Waals surface area contributed by atoms with Gasteiger partial charge in [-0.05, 0) is 12.8 Å². The molecule has 1 aliphatic rings. The number of aliphatic carboxylic acids is 1. The van der Waals surface area contributed by atoms with E-state index in [0.717, 1.165) is 4.90 Å². The molecule has 1 aliphatic heterocycles. The summed E-state index contributed by atoms with van der Waals surface area (Å²) < 4.78 is 4.71. The second kappa shape index (κ2) is 6.62. The number of piperidine rings is 1. The minimum Gasteiger partial charge on any atom is -0.480 e. The van der Waals surface area contributed by atoms with E-state index in [1.807, 2.05) is 0 Å². The number of carbonyl (C=O) groups is 3. The van der Waals surface area contributed by atoms with Gasteiger partial charge in [0.25, 0.3) is 0 Å². The zero-order chi connectivity index (χ0) is 14.4. The molecule has 0 radical (unpaired) electrons. The van der Waals surface area contributed by atoms with Crippen LogP contribution in [-0.4, -0.2) is 58.5 Å². The highest BCUT2D eigenvalue weighted by molar-refractivity contribution is 5.79. The van der Waals surface area contributed by atoms with Gasteiger partial charge in [-0.1, -0.05) is 12.7 Å². The van der Waals surface area contributed by atoms with Crippen molar-refractivity contribution >= 4 is 18.2 Å². The van der Waals surface area contributed by atoms with Gasteiger partial charge in [-0.2, -0.15) is 0 Å². The topological polar surface area (TPSA) is 116 Å². The van der Waals surface area contributed by atoms with Gasteiger partial charge in [0.15, 0.2) is 0 Å². The number of carbonyl (C=O) groups excluding carboxylic acids is 1. The van der Waals surface area contributed by atoms with Crippen molar-refractivity contribution in [3.05, 3.63) is 12.7 Å². The molecular weight excluding hydrogens is 256 g/mol. The Hall–Kier alpha value is -2.25. The summed E-state index contributed by atoms with van der Waals surface area (Å²) in [5, 5.41) is 20.4. The van der Waals surface area contributed by atoms with E-state index >= 15 is 0 Å². The molecule has 2 amide bonds. The van der Waals surface area contributed by atoms with Gasteiger partial charge < -0.3 is 20.3 Å². The molecular formula is C11H16N2O6. The number of carboxylic acid groups (broad SMARTS) is 2. The lowest BCUT2D eigenvalue weighted by Gasteiger charge is -2.35. The van der Waals surface area contributed by atoms with E-state index in [0.29, 0.717) is 6.42 Å². The predicted octanol–water partition coefficient (Wildman–Crippen LogP) is 0.494. The minimum absolute atomic E-state index is 0.0545. The standard InChI is InChI=1S/C11H16N2O6/c1-2-5-19-10(16)12-7-3-4-8(9(14)15)13(6-7)11(17)18/h2,7-8H,1,3-6H2,(H,12,16)(H,14,15)(H,17,18). The molecule has 2 unspecified atom stereocenters. The minimum atomic E-state index is -1.32. The molecule has 1 heterocycles. The van der Waals surface area contributed by atoms with Crippen molar-refractivity contribution in [1.82, 2.24) is 10.2 Å². The first kappa shape index (κ1) is 14.8. The predicted molar refractivity (Wildman–Crippen MR) is 63.9 cm³/mol.